The van der Waals surface area contributed by atoms with E-state index in [1.165, 1.54) is 6.21 Å². The van der Waals surface area contributed by atoms with Gasteiger partial charge in [-0.25, -0.2) is 10.2 Å². The Hall–Kier alpha value is -3.22. The van der Waals surface area contributed by atoms with Crippen LogP contribution in [0.4, 0.5) is 10.5 Å². The van der Waals surface area contributed by atoms with Gasteiger partial charge in [-0.2, -0.15) is 5.10 Å². The maximum Gasteiger partial charge on any atom is 0.339 e. The third-order valence-electron chi connectivity index (χ3n) is 3.71. The van der Waals surface area contributed by atoms with E-state index < -0.39 is 6.03 Å². The Labute approximate surface area is 159 Å². The van der Waals surface area contributed by atoms with Crippen LogP contribution in [0.5, 0.6) is 17.2 Å². The van der Waals surface area contributed by atoms with Crippen molar-refractivity contribution in [2.24, 2.45) is 5.10 Å². The van der Waals surface area contributed by atoms with Crippen molar-refractivity contribution in [1.29, 1.82) is 0 Å². The molecule has 0 aromatic heterocycles. The van der Waals surface area contributed by atoms with Gasteiger partial charge < -0.3 is 19.5 Å². The first-order chi connectivity index (χ1) is 13.1. The fourth-order valence-electron chi connectivity index (χ4n) is 2.35. The summed E-state index contributed by atoms with van der Waals surface area (Å²) in [6.45, 7) is 4.49. The van der Waals surface area contributed by atoms with Crippen LogP contribution < -0.4 is 25.0 Å². The van der Waals surface area contributed by atoms with E-state index in [0.717, 1.165) is 17.7 Å². The molecule has 2 aromatic carbocycles. The highest BCUT2D eigenvalue weighted by atomic mass is 16.5. The summed E-state index contributed by atoms with van der Waals surface area (Å²) in [6.07, 6.45) is 2.38. The highest BCUT2D eigenvalue weighted by molar-refractivity contribution is 5.91. The molecular weight excluding hydrogens is 346 g/mol. The lowest BCUT2D eigenvalue weighted by molar-refractivity contribution is 0.252. The molecule has 0 radical (unpaired) electrons. The predicted octanol–water partition coefficient (Wildman–Crippen LogP) is 3.96. The van der Waals surface area contributed by atoms with Gasteiger partial charge in [-0.3, -0.25) is 0 Å². The number of rotatable bonds is 8. The number of hydrazone groups is 1. The smallest absolute Gasteiger partial charge is 0.339 e. The molecule has 0 aliphatic carbocycles. The molecule has 2 N–H and O–H groups in total. The zero-order valence-electron chi connectivity index (χ0n) is 16.0. The highest BCUT2D eigenvalue weighted by Crippen LogP contribution is 2.38. The number of hydrogen-bond donors (Lipinski definition) is 2. The maximum atomic E-state index is 12.0. The number of amides is 2. The molecule has 2 aromatic rings. The SMILES string of the molecule is CCCOc1c(OC)cc(/C=N\NC(=O)Nc2ccccc2C)cc1OC. The molecule has 0 spiro atoms. The minimum Gasteiger partial charge on any atom is -0.493 e. The minimum atomic E-state index is -0.428. The lowest BCUT2D eigenvalue weighted by Gasteiger charge is -2.14. The van der Waals surface area contributed by atoms with Crippen molar-refractivity contribution in [3.63, 3.8) is 0 Å². The molecule has 2 rings (SSSR count). The molecule has 0 heterocycles. The molecular formula is C20H25N3O4. The van der Waals surface area contributed by atoms with E-state index in [9.17, 15) is 4.79 Å². The summed E-state index contributed by atoms with van der Waals surface area (Å²) in [5.41, 5.74) is 4.83. The monoisotopic (exact) mass is 371 g/mol. The van der Waals surface area contributed by atoms with Gasteiger partial charge in [-0.05, 0) is 37.1 Å². The normalized spacial score (nSPS) is 10.5. The second-order valence-electron chi connectivity index (χ2n) is 5.74. The summed E-state index contributed by atoms with van der Waals surface area (Å²) in [5.74, 6) is 1.62. The van der Waals surface area contributed by atoms with Crippen LogP contribution in [0, 0.1) is 6.92 Å². The van der Waals surface area contributed by atoms with Gasteiger partial charge >= 0.3 is 6.03 Å². The second kappa shape index (κ2) is 10.1. The van der Waals surface area contributed by atoms with Gasteiger partial charge in [0.05, 0.1) is 27.0 Å². The van der Waals surface area contributed by atoms with Crippen molar-refractivity contribution < 1.29 is 19.0 Å². The Morgan fingerprint density at radius 1 is 1.15 bits per heavy atom. The number of carbonyl (C=O) groups is 1. The Morgan fingerprint density at radius 3 is 2.41 bits per heavy atom. The zero-order valence-corrected chi connectivity index (χ0v) is 16.0. The zero-order chi connectivity index (χ0) is 19.6. The number of hydrogen-bond acceptors (Lipinski definition) is 5. The minimum absolute atomic E-state index is 0.428. The Balaban J connectivity index is 2.07. The highest BCUT2D eigenvalue weighted by Gasteiger charge is 2.13. The van der Waals surface area contributed by atoms with E-state index >= 15 is 0 Å². The Morgan fingerprint density at radius 2 is 1.81 bits per heavy atom. The molecule has 0 unspecified atom stereocenters. The van der Waals surface area contributed by atoms with Gasteiger partial charge in [0, 0.05) is 11.3 Å². The summed E-state index contributed by atoms with van der Waals surface area (Å²) in [4.78, 5) is 12.0. The summed E-state index contributed by atoms with van der Waals surface area (Å²) in [6, 6.07) is 10.6. The van der Waals surface area contributed by atoms with Crippen LogP contribution in [0.15, 0.2) is 41.5 Å². The van der Waals surface area contributed by atoms with E-state index in [1.807, 2.05) is 38.1 Å². The van der Waals surface area contributed by atoms with Gasteiger partial charge in [-0.15, -0.1) is 0 Å². The average molecular weight is 371 g/mol. The third-order valence-corrected chi connectivity index (χ3v) is 3.71. The van der Waals surface area contributed by atoms with Crippen LogP contribution in [-0.4, -0.2) is 33.1 Å². The number of para-hydroxylation sites is 1. The van der Waals surface area contributed by atoms with Gasteiger partial charge in [0.1, 0.15) is 0 Å². The number of nitrogens with zero attached hydrogens (tertiary/aromatic N) is 1. The van der Waals surface area contributed by atoms with Gasteiger partial charge in [0.2, 0.25) is 5.75 Å². The van der Waals surface area contributed by atoms with Crippen LogP contribution in [0.3, 0.4) is 0 Å². The molecule has 0 saturated heterocycles. The predicted molar refractivity (Wildman–Crippen MR) is 106 cm³/mol. The molecule has 0 saturated carbocycles. The van der Waals surface area contributed by atoms with Gasteiger partial charge in [-0.1, -0.05) is 25.1 Å². The number of nitrogens with one attached hydrogen (secondary N) is 2. The standard InChI is InChI=1S/C20H25N3O4/c1-5-10-27-19-17(25-3)11-15(12-18(19)26-4)13-21-23-20(24)22-16-9-7-6-8-14(16)2/h6-9,11-13H,5,10H2,1-4H3,(H2,22,23,24)/b21-13-. The number of benzene rings is 2. The van der Waals surface area contributed by atoms with E-state index in [4.69, 9.17) is 14.2 Å². The van der Waals surface area contributed by atoms with Crippen LogP contribution in [0.25, 0.3) is 0 Å². The molecule has 0 fully saturated rings. The summed E-state index contributed by atoms with van der Waals surface area (Å²) in [5, 5.41) is 6.71. The van der Waals surface area contributed by atoms with Crippen LogP contribution in [-0.2, 0) is 0 Å². The van der Waals surface area contributed by atoms with Crippen molar-refractivity contribution in [1.82, 2.24) is 5.43 Å². The summed E-state index contributed by atoms with van der Waals surface area (Å²) in [7, 11) is 3.12. The topological polar surface area (TPSA) is 81.2 Å². The average Bonchev–Trinajstić information content (AvgIpc) is 2.68. The number of urea groups is 1. The van der Waals surface area contributed by atoms with Crippen LogP contribution in [0.1, 0.15) is 24.5 Å². The molecule has 27 heavy (non-hydrogen) atoms. The Bertz CT molecular complexity index is 781. The molecule has 0 aliphatic heterocycles. The maximum absolute atomic E-state index is 12.0. The van der Waals surface area contributed by atoms with E-state index in [1.54, 1.807) is 26.4 Å². The molecule has 144 valence electrons. The number of carbonyl (C=O) groups excluding carboxylic acids is 1. The molecule has 2 amide bonds. The van der Waals surface area contributed by atoms with Crippen LogP contribution >= 0.6 is 0 Å². The van der Waals surface area contributed by atoms with Crippen molar-refractivity contribution in [3.05, 3.63) is 47.5 Å². The van der Waals surface area contributed by atoms with E-state index in [-0.39, 0.29) is 0 Å². The first-order valence-corrected chi connectivity index (χ1v) is 8.63. The number of ether oxygens (including phenoxy) is 3. The molecule has 0 bridgehead atoms. The van der Waals surface area contributed by atoms with Crippen molar-refractivity contribution in [3.8, 4) is 17.2 Å². The van der Waals surface area contributed by atoms with Gasteiger partial charge in [0.25, 0.3) is 0 Å². The lowest BCUT2D eigenvalue weighted by atomic mass is 10.2. The number of methoxy groups -OCH3 is 2. The van der Waals surface area contributed by atoms with Gasteiger partial charge in [0.15, 0.2) is 11.5 Å². The summed E-state index contributed by atoms with van der Waals surface area (Å²) < 4.78 is 16.5. The van der Waals surface area contributed by atoms with Crippen molar-refractivity contribution in [2.75, 3.05) is 26.1 Å². The first-order valence-electron chi connectivity index (χ1n) is 8.63. The van der Waals surface area contributed by atoms with E-state index in [0.29, 0.717) is 29.4 Å². The number of anilines is 1. The second-order valence-corrected chi connectivity index (χ2v) is 5.74. The molecule has 7 heteroatoms. The van der Waals surface area contributed by atoms with Crippen molar-refractivity contribution >= 4 is 17.9 Å². The first kappa shape index (κ1) is 20.1. The van der Waals surface area contributed by atoms with Crippen molar-refractivity contribution in [2.45, 2.75) is 20.3 Å². The number of aryl methyl sites for hydroxylation is 1. The molecule has 0 atom stereocenters. The lowest BCUT2D eigenvalue weighted by Crippen LogP contribution is -2.24. The fraction of sp³-hybridized carbons (Fsp3) is 0.300. The van der Waals surface area contributed by atoms with Crippen LogP contribution in [0.2, 0.25) is 0 Å². The van der Waals surface area contributed by atoms with E-state index in [2.05, 4.69) is 15.8 Å². The quantitative estimate of drug-likeness (QED) is 0.544. The molecule has 0 aliphatic rings. The summed E-state index contributed by atoms with van der Waals surface area (Å²) >= 11 is 0. The third kappa shape index (κ3) is 5.64. The Kier molecular flexibility index (Phi) is 7.49. The largest absolute Gasteiger partial charge is 0.493 e. The fourth-order valence-corrected chi connectivity index (χ4v) is 2.35. The molecule has 7 nitrogen and oxygen atoms in total.